The van der Waals surface area contributed by atoms with E-state index in [0.717, 1.165) is 28.5 Å². The molecule has 2 fully saturated rings. The van der Waals surface area contributed by atoms with Gasteiger partial charge in [0.05, 0.1) is 0 Å². The fourth-order valence-electron chi connectivity index (χ4n) is 6.10. The summed E-state index contributed by atoms with van der Waals surface area (Å²) in [4.78, 5) is 0. The van der Waals surface area contributed by atoms with Crippen LogP contribution in [0.25, 0.3) is 10.8 Å². The van der Waals surface area contributed by atoms with E-state index in [0.29, 0.717) is 5.92 Å². The normalized spacial score (nSPS) is 27.1. The Morgan fingerprint density at radius 2 is 1.48 bits per heavy atom. The molecule has 0 radical (unpaired) electrons. The number of unbranched alkanes of at least 4 members (excludes halogenated alkanes) is 4. The quantitative estimate of drug-likeness (QED) is 0.409. The van der Waals surface area contributed by atoms with Crippen LogP contribution in [0.4, 0.5) is 8.78 Å². The summed E-state index contributed by atoms with van der Waals surface area (Å²) in [5, 5.41) is 1.62. The number of rotatable bonds is 7. The highest BCUT2D eigenvalue weighted by Gasteiger charge is 2.35. The maximum Gasteiger partial charge on any atom is 0.159 e. The molecule has 0 bridgehead atoms. The van der Waals surface area contributed by atoms with Gasteiger partial charge in [-0.1, -0.05) is 70.1 Å². The van der Waals surface area contributed by atoms with Crippen molar-refractivity contribution < 1.29 is 8.78 Å². The van der Waals surface area contributed by atoms with Crippen LogP contribution in [-0.4, -0.2) is 0 Å². The van der Waals surface area contributed by atoms with E-state index in [2.05, 4.69) is 19.1 Å². The summed E-state index contributed by atoms with van der Waals surface area (Å²) >= 11 is 0. The second kappa shape index (κ2) is 9.58. The molecule has 2 aliphatic carbocycles. The Hall–Kier alpha value is -1.44. The summed E-state index contributed by atoms with van der Waals surface area (Å²) < 4.78 is 27.1. The molecule has 158 valence electrons. The molecule has 29 heavy (non-hydrogen) atoms. The minimum atomic E-state index is -0.757. The topological polar surface area (TPSA) is 0 Å². The Balaban J connectivity index is 1.33. The summed E-state index contributed by atoms with van der Waals surface area (Å²) in [6, 6.07) is 8.88. The SMILES string of the molecule is CCCCCCCC1CCC2CC(c3ccc4cc(F)c(F)cc4c3)CCC2C1. The van der Waals surface area contributed by atoms with E-state index >= 15 is 0 Å². The second-order valence-corrected chi connectivity index (χ2v) is 9.79. The number of benzene rings is 2. The van der Waals surface area contributed by atoms with Crippen LogP contribution in [0.3, 0.4) is 0 Å². The zero-order valence-corrected chi connectivity index (χ0v) is 17.9. The van der Waals surface area contributed by atoms with Gasteiger partial charge in [-0.15, -0.1) is 0 Å². The van der Waals surface area contributed by atoms with Gasteiger partial charge in [0.15, 0.2) is 11.6 Å². The maximum atomic E-state index is 13.7. The van der Waals surface area contributed by atoms with Gasteiger partial charge in [0.2, 0.25) is 0 Å². The standard InChI is InChI=1S/C27H36F2/c1-2-3-4-5-6-7-19-8-9-21-15-22(11-10-20(21)14-19)23-12-13-24-17-26(28)27(29)18-25(24)16-23/h12-13,16-22H,2-11,14-15H2,1H3. The molecule has 4 atom stereocenters. The van der Waals surface area contributed by atoms with Crippen molar-refractivity contribution in [3.05, 3.63) is 47.5 Å². The van der Waals surface area contributed by atoms with E-state index in [-0.39, 0.29) is 0 Å². The number of hydrogen-bond donors (Lipinski definition) is 0. The molecule has 2 saturated carbocycles. The molecule has 0 nitrogen and oxygen atoms in total. The monoisotopic (exact) mass is 398 g/mol. The molecule has 2 aromatic carbocycles. The summed E-state index contributed by atoms with van der Waals surface area (Å²) in [6.07, 6.45) is 16.6. The van der Waals surface area contributed by atoms with E-state index < -0.39 is 11.6 Å². The fourth-order valence-corrected chi connectivity index (χ4v) is 6.10. The molecule has 4 rings (SSSR count). The molecule has 2 aromatic rings. The van der Waals surface area contributed by atoms with Crippen LogP contribution >= 0.6 is 0 Å². The van der Waals surface area contributed by atoms with Crippen molar-refractivity contribution in [1.29, 1.82) is 0 Å². The highest BCUT2D eigenvalue weighted by molar-refractivity contribution is 5.83. The molecule has 0 saturated heterocycles. The first-order valence-electron chi connectivity index (χ1n) is 12.0. The van der Waals surface area contributed by atoms with Gasteiger partial charge < -0.3 is 0 Å². The van der Waals surface area contributed by atoms with Crippen LogP contribution in [0.15, 0.2) is 30.3 Å². The number of halogens is 2. The lowest BCUT2D eigenvalue weighted by molar-refractivity contribution is 0.113. The largest absolute Gasteiger partial charge is 0.204 e. The van der Waals surface area contributed by atoms with E-state index in [9.17, 15) is 8.78 Å². The van der Waals surface area contributed by atoms with Crippen LogP contribution in [0.5, 0.6) is 0 Å². The van der Waals surface area contributed by atoms with Gasteiger partial charge in [0.25, 0.3) is 0 Å². The smallest absolute Gasteiger partial charge is 0.159 e. The molecular formula is C27H36F2. The van der Waals surface area contributed by atoms with E-state index in [4.69, 9.17) is 0 Å². The molecule has 4 unspecified atom stereocenters. The minimum Gasteiger partial charge on any atom is -0.204 e. The van der Waals surface area contributed by atoms with Crippen molar-refractivity contribution >= 4 is 10.8 Å². The van der Waals surface area contributed by atoms with Crippen LogP contribution in [0, 0.1) is 29.4 Å². The lowest BCUT2D eigenvalue weighted by Gasteiger charge is -2.42. The van der Waals surface area contributed by atoms with E-state index in [1.807, 2.05) is 6.07 Å². The van der Waals surface area contributed by atoms with Crippen LogP contribution in [0.1, 0.15) is 95.5 Å². The van der Waals surface area contributed by atoms with E-state index in [1.54, 1.807) is 0 Å². The molecular weight excluding hydrogens is 362 g/mol. The molecule has 0 N–H and O–H groups in total. The molecule has 0 aromatic heterocycles. The van der Waals surface area contributed by atoms with Gasteiger partial charge in [0.1, 0.15) is 0 Å². The first kappa shape index (κ1) is 20.8. The predicted octanol–water partition coefficient (Wildman–Crippen LogP) is 8.78. The highest BCUT2D eigenvalue weighted by Crippen LogP contribution is 2.48. The Bertz CT molecular complexity index is 812. The molecule has 0 heterocycles. The maximum absolute atomic E-state index is 13.7. The van der Waals surface area contributed by atoms with Gasteiger partial charge in [-0.2, -0.15) is 0 Å². The Kier molecular flexibility index (Phi) is 6.88. The lowest BCUT2D eigenvalue weighted by Crippen LogP contribution is -2.30. The summed E-state index contributed by atoms with van der Waals surface area (Å²) in [5.74, 6) is 1.84. The summed E-state index contributed by atoms with van der Waals surface area (Å²) in [6.45, 7) is 2.29. The van der Waals surface area contributed by atoms with E-state index in [1.165, 1.54) is 94.7 Å². The average molecular weight is 399 g/mol. The lowest BCUT2D eigenvalue weighted by atomic mass is 9.63. The van der Waals surface area contributed by atoms with Gasteiger partial charge in [-0.3, -0.25) is 0 Å². The van der Waals surface area contributed by atoms with Gasteiger partial charge in [-0.05, 0) is 84.2 Å². The first-order valence-corrected chi connectivity index (χ1v) is 12.0. The van der Waals surface area contributed by atoms with Crippen LogP contribution < -0.4 is 0 Å². The van der Waals surface area contributed by atoms with Gasteiger partial charge in [0, 0.05) is 0 Å². The van der Waals surface area contributed by atoms with Gasteiger partial charge in [-0.25, -0.2) is 8.78 Å². The zero-order valence-electron chi connectivity index (χ0n) is 17.9. The van der Waals surface area contributed by atoms with Crippen molar-refractivity contribution in [2.24, 2.45) is 17.8 Å². The Labute approximate surface area is 175 Å². The van der Waals surface area contributed by atoms with Crippen molar-refractivity contribution in [3.63, 3.8) is 0 Å². The van der Waals surface area contributed by atoms with Crippen LogP contribution in [-0.2, 0) is 0 Å². The Morgan fingerprint density at radius 3 is 2.31 bits per heavy atom. The number of hydrogen-bond acceptors (Lipinski definition) is 0. The van der Waals surface area contributed by atoms with Crippen LogP contribution in [0.2, 0.25) is 0 Å². The zero-order chi connectivity index (χ0) is 20.2. The van der Waals surface area contributed by atoms with Crippen molar-refractivity contribution in [3.8, 4) is 0 Å². The third-order valence-electron chi connectivity index (χ3n) is 7.81. The average Bonchev–Trinajstić information content (AvgIpc) is 2.73. The summed E-state index contributed by atoms with van der Waals surface area (Å²) in [7, 11) is 0. The van der Waals surface area contributed by atoms with Crippen molar-refractivity contribution in [1.82, 2.24) is 0 Å². The predicted molar refractivity (Wildman–Crippen MR) is 118 cm³/mol. The first-order chi connectivity index (χ1) is 14.1. The highest BCUT2D eigenvalue weighted by atomic mass is 19.2. The third kappa shape index (κ3) is 5.01. The molecule has 0 spiro atoms. The van der Waals surface area contributed by atoms with Crippen molar-refractivity contribution in [2.75, 3.05) is 0 Å². The van der Waals surface area contributed by atoms with Crippen molar-refractivity contribution in [2.45, 2.75) is 89.9 Å². The molecule has 2 heteroatoms. The van der Waals surface area contributed by atoms with Gasteiger partial charge >= 0.3 is 0 Å². The second-order valence-electron chi connectivity index (χ2n) is 9.79. The minimum absolute atomic E-state index is 0.583. The summed E-state index contributed by atoms with van der Waals surface area (Å²) in [5.41, 5.74) is 1.32. The molecule has 2 aliphatic rings. The fraction of sp³-hybridized carbons (Fsp3) is 0.630. The molecule has 0 amide bonds. The number of fused-ring (bicyclic) bond motifs is 2. The third-order valence-corrected chi connectivity index (χ3v) is 7.81. The molecule has 0 aliphatic heterocycles. The Morgan fingerprint density at radius 1 is 0.759 bits per heavy atom.